The molecule has 1 amide bonds. The molecule has 0 saturated heterocycles. The molecule has 0 spiro atoms. The van der Waals surface area contributed by atoms with Crippen molar-refractivity contribution in [1.82, 2.24) is 14.8 Å². The maximum Gasteiger partial charge on any atom is 0.278 e. The SMILES string of the molecule is CCn1cc(N)c(C(=O)Nc2ccc(C)nc2C)n1. The van der Waals surface area contributed by atoms with Crippen LogP contribution in [-0.4, -0.2) is 20.7 Å². The van der Waals surface area contributed by atoms with Crippen molar-refractivity contribution in [2.75, 3.05) is 11.1 Å². The topological polar surface area (TPSA) is 85.8 Å². The Morgan fingerprint density at radius 2 is 2.16 bits per heavy atom. The molecule has 19 heavy (non-hydrogen) atoms. The van der Waals surface area contributed by atoms with Gasteiger partial charge in [-0.1, -0.05) is 0 Å². The highest BCUT2D eigenvalue weighted by Crippen LogP contribution is 2.16. The molecule has 0 atom stereocenters. The first-order chi connectivity index (χ1) is 9.01. The highest BCUT2D eigenvalue weighted by atomic mass is 16.2. The minimum atomic E-state index is -0.321. The lowest BCUT2D eigenvalue weighted by molar-refractivity contribution is 0.102. The number of nitrogens with zero attached hydrogens (tertiary/aromatic N) is 3. The lowest BCUT2D eigenvalue weighted by Gasteiger charge is -2.07. The van der Waals surface area contributed by atoms with Crippen LogP contribution in [0.25, 0.3) is 0 Å². The van der Waals surface area contributed by atoms with E-state index < -0.39 is 0 Å². The van der Waals surface area contributed by atoms with Gasteiger partial charge in [0.1, 0.15) is 0 Å². The molecule has 0 bridgehead atoms. The van der Waals surface area contributed by atoms with Gasteiger partial charge in [0.05, 0.1) is 17.1 Å². The predicted molar refractivity (Wildman–Crippen MR) is 74.0 cm³/mol. The fourth-order valence-corrected chi connectivity index (χ4v) is 1.78. The van der Waals surface area contributed by atoms with Crippen molar-refractivity contribution < 1.29 is 4.79 Å². The maximum atomic E-state index is 12.1. The van der Waals surface area contributed by atoms with Crippen LogP contribution in [0.15, 0.2) is 18.3 Å². The molecule has 6 heteroatoms. The van der Waals surface area contributed by atoms with Gasteiger partial charge in [0.2, 0.25) is 0 Å². The third-order valence-electron chi connectivity index (χ3n) is 2.80. The van der Waals surface area contributed by atoms with Gasteiger partial charge < -0.3 is 11.1 Å². The van der Waals surface area contributed by atoms with Crippen molar-refractivity contribution in [2.24, 2.45) is 0 Å². The van der Waals surface area contributed by atoms with Gasteiger partial charge in [-0.15, -0.1) is 0 Å². The summed E-state index contributed by atoms with van der Waals surface area (Å²) in [5, 5.41) is 6.91. The van der Waals surface area contributed by atoms with E-state index in [1.807, 2.05) is 32.9 Å². The number of rotatable bonds is 3. The Hall–Kier alpha value is -2.37. The Balaban J connectivity index is 2.23. The van der Waals surface area contributed by atoms with Crippen LogP contribution in [0.4, 0.5) is 11.4 Å². The number of aryl methyl sites for hydroxylation is 3. The van der Waals surface area contributed by atoms with Gasteiger partial charge in [-0.3, -0.25) is 14.5 Å². The number of nitrogens with two attached hydrogens (primary N) is 1. The van der Waals surface area contributed by atoms with E-state index in [0.29, 0.717) is 17.9 Å². The molecule has 0 radical (unpaired) electrons. The zero-order chi connectivity index (χ0) is 14.0. The summed E-state index contributed by atoms with van der Waals surface area (Å²) >= 11 is 0. The van der Waals surface area contributed by atoms with Crippen LogP contribution in [0.1, 0.15) is 28.8 Å². The van der Waals surface area contributed by atoms with Gasteiger partial charge in [-0.2, -0.15) is 5.10 Å². The molecule has 2 heterocycles. The molecule has 0 aliphatic rings. The number of nitrogen functional groups attached to an aromatic ring is 1. The Morgan fingerprint density at radius 1 is 1.42 bits per heavy atom. The van der Waals surface area contributed by atoms with Crippen LogP contribution in [0, 0.1) is 13.8 Å². The summed E-state index contributed by atoms with van der Waals surface area (Å²) in [5.74, 6) is -0.321. The molecule has 0 fully saturated rings. The van der Waals surface area contributed by atoms with Gasteiger partial charge in [0, 0.05) is 18.4 Å². The zero-order valence-electron chi connectivity index (χ0n) is 11.3. The van der Waals surface area contributed by atoms with E-state index in [1.54, 1.807) is 10.9 Å². The second-order valence-electron chi connectivity index (χ2n) is 4.33. The fourth-order valence-electron chi connectivity index (χ4n) is 1.78. The van der Waals surface area contributed by atoms with Gasteiger partial charge in [0.25, 0.3) is 5.91 Å². The van der Waals surface area contributed by atoms with Gasteiger partial charge in [-0.25, -0.2) is 0 Å². The van der Waals surface area contributed by atoms with Crippen LogP contribution < -0.4 is 11.1 Å². The number of anilines is 2. The maximum absolute atomic E-state index is 12.1. The Labute approximate surface area is 111 Å². The van der Waals surface area contributed by atoms with Crippen molar-refractivity contribution in [1.29, 1.82) is 0 Å². The quantitative estimate of drug-likeness (QED) is 0.879. The molecule has 2 rings (SSSR count). The van der Waals surface area contributed by atoms with E-state index in [9.17, 15) is 4.79 Å². The largest absolute Gasteiger partial charge is 0.396 e. The summed E-state index contributed by atoms with van der Waals surface area (Å²) in [6.07, 6.45) is 1.65. The third kappa shape index (κ3) is 2.73. The highest BCUT2D eigenvalue weighted by Gasteiger charge is 2.15. The Bertz CT molecular complexity index is 617. The summed E-state index contributed by atoms with van der Waals surface area (Å²) in [6.45, 7) is 6.35. The highest BCUT2D eigenvalue weighted by molar-refractivity contribution is 6.06. The van der Waals surface area contributed by atoms with E-state index >= 15 is 0 Å². The monoisotopic (exact) mass is 259 g/mol. The number of aromatic nitrogens is 3. The van der Waals surface area contributed by atoms with E-state index in [-0.39, 0.29) is 11.6 Å². The number of carbonyl (C=O) groups excluding carboxylic acids is 1. The molecular formula is C13H17N5O. The first kappa shape index (κ1) is 13.1. The summed E-state index contributed by atoms with van der Waals surface area (Å²) in [5.41, 5.74) is 8.72. The summed E-state index contributed by atoms with van der Waals surface area (Å²) < 4.78 is 1.63. The molecule has 2 aromatic rings. The lowest BCUT2D eigenvalue weighted by atomic mass is 10.2. The minimum absolute atomic E-state index is 0.238. The van der Waals surface area contributed by atoms with Crippen LogP contribution >= 0.6 is 0 Å². The first-order valence-corrected chi connectivity index (χ1v) is 6.09. The number of hydrogen-bond acceptors (Lipinski definition) is 4. The van der Waals surface area contributed by atoms with Gasteiger partial charge >= 0.3 is 0 Å². The minimum Gasteiger partial charge on any atom is -0.396 e. The van der Waals surface area contributed by atoms with Crippen LogP contribution in [0.5, 0.6) is 0 Å². The Morgan fingerprint density at radius 3 is 2.74 bits per heavy atom. The number of carbonyl (C=O) groups is 1. The van der Waals surface area contributed by atoms with Crippen LogP contribution in [-0.2, 0) is 6.54 Å². The molecule has 0 saturated carbocycles. The van der Waals surface area contributed by atoms with Crippen molar-refractivity contribution >= 4 is 17.3 Å². The van der Waals surface area contributed by atoms with Crippen LogP contribution in [0.3, 0.4) is 0 Å². The first-order valence-electron chi connectivity index (χ1n) is 6.09. The van der Waals surface area contributed by atoms with Crippen molar-refractivity contribution in [2.45, 2.75) is 27.3 Å². The van der Waals surface area contributed by atoms with Crippen LogP contribution in [0.2, 0.25) is 0 Å². The Kier molecular flexibility index (Phi) is 3.50. The molecule has 0 aliphatic heterocycles. The van der Waals surface area contributed by atoms with E-state index in [0.717, 1.165) is 11.4 Å². The zero-order valence-corrected chi connectivity index (χ0v) is 11.3. The molecule has 0 unspecified atom stereocenters. The van der Waals surface area contributed by atoms with Gasteiger partial charge in [-0.05, 0) is 32.9 Å². The molecule has 6 nitrogen and oxygen atoms in total. The molecular weight excluding hydrogens is 242 g/mol. The molecule has 0 aliphatic carbocycles. The second-order valence-corrected chi connectivity index (χ2v) is 4.33. The molecule has 100 valence electrons. The van der Waals surface area contributed by atoms with E-state index in [2.05, 4.69) is 15.4 Å². The predicted octanol–water partition coefficient (Wildman–Crippen LogP) is 1.75. The van der Waals surface area contributed by atoms with Crippen molar-refractivity contribution in [3.05, 3.63) is 35.4 Å². The number of nitrogens with one attached hydrogen (secondary N) is 1. The standard InChI is InChI=1S/C13H17N5O/c1-4-18-7-10(14)12(17-18)13(19)16-11-6-5-8(2)15-9(11)3/h5-7H,4,14H2,1-3H3,(H,16,19). The van der Waals surface area contributed by atoms with E-state index in [1.165, 1.54) is 0 Å². The normalized spacial score (nSPS) is 10.5. The molecule has 0 aromatic carbocycles. The smallest absolute Gasteiger partial charge is 0.278 e. The lowest BCUT2D eigenvalue weighted by Crippen LogP contribution is -2.16. The molecule has 3 N–H and O–H groups in total. The average Bonchev–Trinajstić information content (AvgIpc) is 2.74. The van der Waals surface area contributed by atoms with Crippen molar-refractivity contribution in [3.8, 4) is 0 Å². The van der Waals surface area contributed by atoms with E-state index in [4.69, 9.17) is 5.73 Å². The summed E-state index contributed by atoms with van der Waals surface area (Å²) in [6, 6.07) is 3.67. The fraction of sp³-hybridized carbons (Fsp3) is 0.308. The summed E-state index contributed by atoms with van der Waals surface area (Å²) in [4.78, 5) is 16.4. The number of hydrogen-bond donors (Lipinski definition) is 2. The summed E-state index contributed by atoms with van der Waals surface area (Å²) in [7, 11) is 0. The average molecular weight is 259 g/mol. The third-order valence-corrected chi connectivity index (χ3v) is 2.80. The molecule has 2 aromatic heterocycles. The van der Waals surface area contributed by atoms with Crippen molar-refractivity contribution in [3.63, 3.8) is 0 Å². The van der Waals surface area contributed by atoms with Gasteiger partial charge in [0.15, 0.2) is 5.69 Å². The number of pyridine rings is 1. The second kappa shape index (κ2) is 5.09. The number of amides is 1.